The van der Waals surface area contributed by atoms with Gasteiger partial charge >= 0.3 is 7.12 Å². The molecule has 1 aliphatic carbocycles. The first-order chi connectivity index (χ1) is 10.3. The van der Waals surface area contributed by atoms with Crippen LogP contribution in [0.25, 0.3) is 0 Å². The van der Waals surface area contributed by atoms with Crippen LogP contribution < -0.4 is 5.46 Å². The summed E-state index contributed by atoms with van der Waals surface area (Å²) in [7, 11) is -0.361. The highest BCUT2D eigenvalue weighted by molar-refractivity contribution is 6.62. The van der Waals surface area contributed by atoms with Gasteiger partial charge in [-0.15, -0.1) is 0 Å². The Morgan fingerprint density at radius 1 is 1.14 bits per heavy atom. The number of carbonyl (C=O) groups excluding carboxylic acids is 1. The van der Waals surface area contributed by atoms with Crippen LogP contribution in [-0.4, -0.2) is 35.2 Å². The van der Waals surface area contributed by atoms with Gasteiger partial charge in [0.05, 0.1) is 11.2 Å². The van der Waals surface area contributed by atoms with Gasteiger partial charge in [-0.25, -0.2) is 0 Å². The van der Waals surface area contributed by atoms with Crippen molar-refractivity contribution in [2.75, 3.05) is 0 Å². The lowest BCUT2D eigenvalue weighted by Gasteiger charge is -2.32. The summed E-state index contributed by atoms with van der Waals surface area (Å²) in [5.74, 6) is 0.179. The van der Waals surface area contributed by atoms with Crippen LogP contribution in [0, 0.1) is 0 Å². The van der Waals surface area contributed by atoms with Crippen molar-refractivity contribution in [3.63, 3.8) is 0 Å². The number of nitrogens with zero attached hydrogens (tertiary/aromatic N) is 1. The number of fused-ring (bicyclic) bond motifs is 1. The Morgan fingerprint density at radius 3 is 2.36 bits per heavy atom. The van der Waals surface area contributed by atoms with Crippen molar-refractivity contribution in [2.24, 2.45) is 0 Å². The summed E-state index contributed by atoms with van der Waals surface area (Å²) in [5.41, 5.74) is 2.26. The molecule has 1 saturated heterocycles. The maximum Gasteiger partial charge on any atom is 0.494 e. The van der Waals surface area contributed by atoms with Crippen LogP contribution in [-0.2, 0) is 15.9 Å². The Balaban J connectivity index is 1.61. The van der Waals surface area contributed by atoms with Gasteiger partial charge in [-0.3, -0.25) is 4.79 Å². The summed E-state index contributed by atoms with van der Waals surface area (Å²) < 4.78 is 12.2. The zero-order valence-electron chi connectivity index (χ0n) is 13.7. The molecule has 22 heavy (non-hydrogen) atoms. The van der Waals surface area contributed by atoms with Crippen molar-refractivity contribution in [3.05, 3.63) is 29.3 Å². The van der Waals surface area contributed by atoms with Gasteiger partial charge in [-0.2, -0.15) is 0 Å². The van der Waals surface area contributed by atoms with Gasteiger partial charge in [0.2, 0.25) is 0 Å². The Hall–Kier alpha value is -1.33. The highest BCUT2D eigenvalue weighted by Crippen LogP contribution is 2.37. The summed E-state index contributed by atoms with van der Waals surface area (Å²) >= 11 is 0. The van der Waals surface area contributed by atoms with Crippen LogP contribution in [0.1, 0.15) is 56.5 Å². The summed E-state index contributed by atoms with van der Waals surface area (Å²) in [6.07, 6.45) is 2.29. The van der Waals surface area contributed by atoms with E-state index < -0.39 is 0 Å². The Kier molecular flexibility index (Phi) is 2.83. The Labute approximate surface area is 131 Å². The van der Waals surface area contributed by atoms with Crippen LogP contribution in [0.3, 0.4) is 0 Å². The summed E-state index contributed by atoms with van der Waals surface area (Å²) in [6.45, 7) is 8.95. The van der Waals surface area contributed by atoms with Gasteiger partial charge in [0.15, 0.2) is 0 Å². The molecule has 0 N–H and O–H groups in total. The van der Waals surface area contributed by atoms with E-state index in [9.17, 15) is 4.79 Å². The molecule has 2 heterocycles. The molecule has 4 rings (SSSR count). The van der Waals surface area contributed by atoms with Crippen molar-refractivity contribution >= 4 is 18.5 Å². The second-order valence-electron chi connectivity index (χ2n) is 7.67. The summed E-state index contributed by atoms with van der Waals surface area (Å²) in [5, 5.41) is 0. The lowest BCUT2D eigenvalue weighted by Crippen LogP contribution is -2.41. The number of hydrogen-bond donors (Lipinski definition) is 0. The van der Waals surface area contributed by atoms with Crippen molar-refractivity contribution in [1.29, 1.82) is 0 Å². The third kappa shape index (κ3) is 2.03. The third-order valence-electron chi connectivity index (χ3n) is 5.47. The highest BCUT2D eigenvalue weighted by Gasteiger charge is 2.52. The first-order valence-electron chi connectivity index (χ1n) is 8.08. The zero-order valence-corrected chi connectivity index (χ0v) is 13.7. The van der Waals surface area contributed by atoms with E-state index in [1.54, 1.807) is 0 Å². The molecule has 0 aromatic heterocycles. The smallest absolute Gasteiger partial charge is 0.399 e. The molecule has 1 aromatic rings. The number of benzene rings is 1. The molecular weight excluding hydrogens is 277 g/mol. The van der Waals surface area contributed by atoms with E-state index in [4.69, 9.17) is 9.31 Å². The molecule has 0 spiro atoms. The molecule has 4 nitrogen and oxygen atoms in total. The van der Waals surface area contributed by atoms with Crippen LogP contribution >= 0.6 is 0 Å². The molecule has 2 fully saturated rings. The molecule has 0 unspecified atom stereocenters. The Bertz CT molecular complexity index is 635. The Morgan fingerprint density at radius 2 is 1.77 bits per heavy atom. The predicted molar refractivity (Wildman–Crippen MR) is 85.1 cm³/mol. The number of rotatable bonds is 2. The molecule has 5 heteroatoms. The van der Waals surface area contributed by atoms with Gasteiger partial charge in [0, 0.05) is 18.2 Å². The minimum Gasteiger partial charge on any atom is -0.399 e. The molecule has 3 aliphatic rings. The van der Waals surface area contributed by atoms with Crippen LogP contribution in [0.2, 0.25) is 0 Å². The minimum absolute atomic E-state index is 0.179. The van der Waals surface area contributed by atoms with E-state index in [0.29, 0.717) is 6.04 Å². The molecule has 1 aromatic carbocycles. The monoisotopic (exact) mass is 299 g/mol. The zero-order chi connectivity index (χ0) is 15.7. The minimum atomic E-state index is -0.361. The maximum atomic E-state index is 12.4. The first-order valence-corrected chi connectivity index (χ1v) is 8.08. The topological polar surface area (TPSA) is 38.8 Å². The average molecular weight is 299 g/mol. The van der Waals surface area contributed by atoms with Crippen LogP contribution in [0.4, 0.5) is 0 Å². The van der Waals surface area contributed by atoms with E-state index >= 15 is 0 Å². The fourth-order valence-electron chi connectivity index (χ4n) is 3.17. The third-order valence-corrected chi connectivity index (χ3v) is 5.47. The molecule has 1 amide bonds. The van der Waals surface area contributed by atoms with Crippen molar-refractivity contribution in [3.8, 4) is 0 Å². The van der Waals surface area contributed by atoms with E-state index in [2.05, 4.69) is 33.8 Å². The lowest BCUT2D eigenvalue weighted by molar-refractivity contribution is 0.00578. The summed E-state index contributed by atoms with van der Waals surface area (Å²) in [4.78, 5) is 14.4. The van der Waals surface area contributed by atoms with E-state index in [1.165, 1.54) is 0 Å². The fourth-order valence-corrected chi connectivity index (χ4v) is 3.17. The highest BCUT2D eigenvalue weighted by atomic mass is 16.7. The van der Waals surface area contributed by atoms with Gasteiger partial charge in [0.25, 0.3) is 5.91 Å². The molecular formula is C17H22BNO3. The van der Waals surface area contributed by atoms with Crippen LogP contribution in [0.5, 0.6) is 0 Å². The standard InChI is InChI=1S/C17H22BNO3/c1-16(2)17(3,4)22-18(21-16)12-5-8-14-11(9-12)10-19(15(14)20)13-6-7-13/h5,8-9,13H,6-7,10H2,1-4H3. The van der Waals surface area contributed by atoms with Crippen molar-refractivity contribution in [1.82, 2.24) is 4.90 Å². The average Bonchev–Trinajstić information content (AvgIpc) is 3.18. The van der Waals surface area contributed by atoms with Gasteiger partial charge in [-0.05, 0) is 57.6 Å². The molecule has 116 valence electrons. The second-order valence-corrected chi connectivity index (χ2v) is 7.67. The van der Waals surface area contributed by atoms with Gasteiger partial charge < -0.3 is 14.2 Å². The normalized spacial score (nSPS) is 25.7. The SMILES string of the molecule is CC1(C)OB(c2ccc3c(c2)CN(C2CC2)C3=O)OC1(C)C. The summed E-state index contributed by atoms with van der Waals surface area (Å²) in [6, 6.07) is 6.44. The van der Waals surface area contributed by atoms with Crippen LogP contribution in [0.15, 0.2) is 18.2 Å². The van der Waals surface area contributed by atoms with E-state index in [1.807, 2.05) is 17.0 Å². The van der Waals surface area contributed by atoms with Gasteiger partial charge in [0.1, 0.15) is 0 Å². The molecule has 0 atom stereocenters. The van der Waals surface area contributed by atoms with Gasteiger partial charge in [-0.1, -0.05) is 12.1 Å². The lowest BCUT2D eigenvalue weighted by atomic mass is 9.78. The van der Waals surface area contributed by atoms with E-state index in [-0.39, 0.29) is 24.2 Å². The number of hydrogen-bond acceptors (Lipinski definition) is 3. The first kappa shape index (κ1) is 14.3. The fraction of sp³-hybridized carbons (Fsp3) is 0.588. The predicted octanol–water partition coefficient (Wildman–Crippen LogP) is 2.10. The van der Waals surface area contributed by atoms with Crippen molar-refractivity contribution in [2.45, 2.75) is 64.3 Å². The molecule has 0 bridgehead atoms. The maximum absolute atomic E-state index is 12.4. The van der Waals surface area contributed by atoms with Crippen molar-refractivity contribution < 1.29 is 14.1 Å². The molecule has 1 saturated carbocycles. The number of amides is 1. The van der Waals surface area contributed by atoms with E-state index in [0.717, 1.165) is 36.0 Å². The number of carbonyl (C=O) groups is 1. The second kappa shape index (κ2) is 4.36. The molecule has 0 radical (unpaired) electrons. The largest absolute Gasteiger partial charge is 0.494 e. The molecule has 2 aliphatic heterocycles. The quantitative estimate of drug-likeness (QED) is 0.785.